The number of primary amides is 1. The second kappa shape index (κ2) is 7.53. The molecule has 0 radical (unpaired) electrons. The largest absolute Gasteiger partial charge is 0.455 e. The summed E-state index contributed by atoms with van der Waals surface area (Å²) in [7, 11) is 0. The Balaban J connectivity index is 2.09. The summed E-state index contributed by atoms with van der Waals surface area (Å²) >= 11 is 0. The SMILES string of the molecule is CCNC(CC)C/C=C1/c2ccccc2Oc2c(C(N)=O)cccc21. The van der Waals surface area contributed by atoms with Crippen molar-refractivity contribution in [3.8, 4) is 11.5 Å². The van der Waals surface area contributed by atoms with Crippen LogP contribution in [0.15, 0.2) is 48.5 Å². The van der Waals surface area contributed by atoms with Gasteiger partial charge < -0.3 is 15.8 Å². The van der Waals surface area contributed by atoms with Crippen LogP contribution in [0.5, 0.6) is 11.5 Å². The first kappa shape index (κ1) is 17.2. The monoisotopic (exact) mass is 336 g/mol. The van der Waals surface area contributed by atoms with Crippen molar-refractivity contribution in [1.82, 2.24) is 5.32 Å². The molecular formula is C21H24N2O2. The molecule has 1 atom stereocenters. The highest BCUT2D eigenvalue weighted by Gasteiger charge is 2.25. The van der Waals surface area contributed by atoms with Gasteiger partial charge in [0.2, 0.25) is 0 Å². The molecule has 0 bridgehead atoms. The van der Waals surface area contributed by atoms with Crippen LogP contribution < -0.4 is 15.8 Å². The molecular weight excluding hydrogens is 312 g/mol. The molecule has 1 aliphatic heterocycles. The predicted molar refractivity (Wildman–Crippen MR) is 101 cm³/mol. The first-order valence-electron chi connectivity index (χ1n) is 8.79. The van der Waals surface area contributed by atoms with Crippen molar-refractivity contribution in [3.63, 3.8) is 0 Å². The van der Waals surface area contributed by atoms with Gasteiger partial charge in [0.15, 0.2) is 0 Å². The molecule has 0 aliphatic carbocycles. The third-order valence-electron chi connectivity index (χ3n) is 4.55. The lowest BCUT2D eigenvalue weighted by Gasteiger charge is -2.25. The van der Waals surface area contributed by atoms with Crippen molar-refractivity contribution in [2.75, 3.05) is 6.54 Å². The van der Waals surface area contributed by atoms with Gasteiger partial charge >= 0.3 is 0 Å². The standard InChI is InChI=1S/C21H24N2O2/c1-3-14(23-4-2)12-13-15-16-8-5-6-11-19(16)25-20-17(15)9-7-10-18(20)21(22)24/h5-11,13-14,23H,3-4,12H2,1-2H3,(H2,22,24)/b15-13-. The maximum Gasteiger partial charge on any atom is 0.252 e. The lowest BCUT2D eigenvalue weighted by Crippen LogP contribution is -2.27. The zero-order chi connectivity index (χ0) is 17.8. The van der Waals surface area contributed by atoms with Crippen molar-refractivity contribution < 1.29 is 9.53 Å². The fraction of sp³-hybridized carbons (Fsp3) is 0.286. The van der Waals surface area contributed by atoms with E-state index in [1.54, 1.807) is 6.07 Å². The van der Waals surface area contributed by atoms with Crippen LogP contribution in [0.25, 0.3) is 5.57 Å². The molecule has 4 heteroatoms. The van der Waals surface area contributed by atoms with Crippen molar-refractivity contribution in [2.45, 2.75) is 32.7 Å². The smallest absolute Gasteiger partial charge is 0.252 e. The maximum absolute atomic E-state index is 11.8. The summed E-state index contributed by atoms with van der Waals surface area (Å²) in [6.45, 7) is 5.25. The molecule has 0 spiro atoms. The van der Waals surface area contributed by atoms with Crippen LogP contribution >= 0.6 is 0 Å². The summed E-state index contributed by atoms with van der Waals surface area (Å²) in [4.78, 5) is 11.8. The Morgan fingerprint density at radius 3 is 2.64 bits per heavy atom. The number of nitrogens with one attached hydrogen (secondary N) is 1. The minimum Gasteiger partial charge on any atom is -0.455 e. The van der Waals surface area contributed by atoms with Crippen molar-refractivity contribution in [3.05, 3.63) is 65.2 Å². The second-order valence-electron chi connectivity index (χ2n) is 6.16. The second-order valence-corrected chi connectivity index (χ2v) is 6.16. The van der Waals surface area contributed by atoms with Crippen LogP contribution in [0.2, 0.25) is 0 Å². The van der Waals surface area contributed by atoms with Crippen LogP contribution in [0.3, 0.4) is 0 Å². The number of fused-ring (bicyclic) bond motifs is 2. The fourth-order valence-electron chi connectivity index (χ4n) is 3.25. The van der Waals surface area contributed by atoms with Crippen molar-refractivity contribution >= 4 is 11.5 Å². The maximum atomic E-state index is 11.8. The molecule has 25 heavy (non-hydrogen) atoms. The number of benzene rings is 2. The fourth-order valence-corrected chi connectivity index (χ4v) is 3.25. The van der Waals surface area contributed by atoms with Crippen LogP contribution in [0, 0.1) is 0 Å². The molecule has 130 valence electrons. The summed E-state index contributed by atoms with van der Waals surface area (Å²) in [5.74, 6) is 0.831. The van der Waals surface area contributed by atoms with E-state index >= 15 is 0 Å². The summed E-state index contributed by atoms with van der Waals surface area (Å²) in [6.07, 6.45) is 4.21. The Labute approximate surface area is 148 Å². The molecule has 0 aromatic heterocycles. The van der Waals surface area contributed by atoms with E-state index in [0.717, 1.165) is 41.8 Å². The van der Waals surface area contributed by atoms with Gasteiger partial charge in [-0.05, 0) is 37.1 Å². The summed E-state index contributed by atoms with van der Waals surface area (Å²) in [6, 6.07) is 13.9. The van der Waals surface area contributed by atoms with Gasteiger partial charge in [-0.1, -0.05) is 50.3 Å². The molecule has 1 amide bonds. The highest BCUT2D eigenvalue weighted by atomic mass is 16.5. The molecule has 0 saturated carbocycles. The Bertz CT molecular complexity index is 811. The van der Waals surface area contributed by atoms with Crippen LogP contribution in [0.4, 0.5) is 0 Å². The Kier molecular flexibility index (Phi) is 5.19. The molecule has 4 nitrogen and oxygen atoms in total. The summed E-state index contributed by atoms with van der Waals surface area (Å²) in [5, 5.41) is 3.50. The molecule has 2 aromatic carbocycles. The van der Waals surface area contributed by atoms with E-state index in [9.17, 15) is 4.79 Å². The quantitative estimate of drug-likeness (QED) is 0.712. The number of carbonyl (C=O) groups excluding carboxylic acids is 1. The van der Waals surface area contributed by atoms with Crippen LogP contribution in [-0.4, -0.2) is 18.5 Å². The molecule has 1 aliphatic rings. The van der Waals surface area contributed by atoms with E-state index in [1.165, 1.54) is 0 Å². The summed E-state index contributed by atoms with van der Waals surface area (Å²) < 4.78 is 6.02. The topological polar surface area (TPSA) is 64.3 Å². The van der Waals surface area contributed by atoms with E-state index in [-0.39, 0.29) is 0 Å². The van der Waals surface area contributed by atoms with Gasteiger partial charge in [0.1, 0.15) is 11.5 Å². The highest BCUT2D eigenvalue weighted by Crippen LogP contribution is 2.45. The molecule has 0 fully saturated rings. The lowest BCUT2D eigenvalue weighted by molar-refractivity contribution is 0.0998. The summed E-state index contributed by atoms with van der Waals surface area (Å²) in [5.41, 5.74) is 9.01. The van der Waals surface area contributed by atoms with Gasteiger partial charge in [-0.3, -0.25) is 4.79 Å². The number of nitrogens with two attached hydrogens (primary N) is 1. The van der Waals surface area contributed by atoms with Crippen LogP contribution in [0.1, 0.15) is 48.2 Å². The zero-order valence-corrected chi connectivity index (χ0v) is 14.7. The van der Waals surface area contributed by atoms with Crippen LogP contribution in [-0.2, 0) is 0 Å². The van der Waals surface area contributed by atoms with E-state index in [1.807, 2.05) is 30.3 Å². The third kappa shape index (κ3) is 3.44. The molecule has 3 N–H and O–H groups in total. The third-order valence-corrected chi connectivity index (χ3v) is 4.55. The van der Waals surface area contributed by atoms with Gasteiger partial charge in [0, 0.05) is 17.2 Å². The number of ether oxygens (including phenoxy) is 1. The number of rotatable bonds is 6. The van der Waals surface area contributed by atoms with Gasteiger partial charge in [-0.2, -0.15) is 0 Å². The first-order valence-corrected chi connectivity index (χ1v) is 8.79. The predicted octanol–water partition coefficient (Wildman–Crippen LogP) is 4.10. The van der Waals surface area contributed by atoms with Crippen molar-refractivity contribution in [1.29, 1.82) is 0 Å². The Hall–Kier alpha value is -2.59. The number of hydrogen-bond acceptors (Lipinski definition) is 3. The first-order chi connectivity index (χ1) is 12.2. The van der Waals surface area contributed by atoms with E-state index in [0.29, 0.717) is 17.4 Å². The average Bonchev–Trinajstić information content (AvgIpc) is 2.63. The van der Waals surface area contributed by atoms with E-state index in [2.05, 4.69) is 31.3 Å². The minimum atomic E-state index is -0.477. The molecule has 2 aromatic rings. The molecule has 1 unspecified atom stereocenters. The average molecular weight is 336 g/mol. The normalized spacial score (nSPS) is 15.2. The Morgan fingerprint density at radius 1 is 1.16 bits per heavy atom. The minimum absolute atomic E-state index is 0.414. The number of amides is 1. The molecule has 3 rings (SSSR count). The highest BCUT2D eigenvalue weighted by molar-refractivity contribution is 6.00. The zero-order valence-electron chi connectivity index (χ0n) is 14.7. The Morgan fingerprint density at radius 2 is 1.92 bits per heavy atom. The molecule has 0 saturated heterocycles. The van der Waals surface area contributed by atoms with Gasteiger partial charge in [0.05, 0.1) is 5.56 Å². The molecule has 1 heterocycles. The van der Waals surface area contributed by atoms with E-state index < -0.39 is 5.91 Å². The van der Waals surface area contributed by atoms with Gasteiger partial charge in [-0.25, -0.2) is 0 Å². The number of para-hydroxylation sites is 2. The number of hydrogen-bond donors (Lipinski definition) is 2. The van der Waals surface area contributed by atoms with Gasteiger partial charge in [-0.15, -0.1) is 0 Å². The lowest BCUT2D eigenvalue weighted by atomic mass is 9.90. The van der Waals surface area contributed by atoms with Crippen molar-refractivity contribution in [2.24, 2.45) is 5.73 Å². The van der Waals surface area contributed by atoms with Gasteiger partial charge in [0.25, 0.3) is 5.91 Å². The number of carbonyl (C=O) groups is 1. The van der Waals surface area contributed by atoms with E-state index in [4.69, 9.17) is 10.5 Å².